The number of hydrogen-bond donors (Lipinski definition) is 1. The average Bonchev–Trinajstić information content (AvgIpc) is 2.81. The lowest BCUT2D eigenvalue weighted by Gasteiger charge is -2.35. The molecule has 5 heteroatoms. The molecule has 92 valence electrons. The van der Waals surface area contributed by atoms with E-state index in [4.69, 9.17) is 10.5 Å². The third kappa shape index (κ3) is 2.70. The largest absolute Gasteiger partial charge is 0.373 e. The van der Waals surface area contributed by atoms with E-state index in [9.17, 15) is 4.79 Å². The van der Waals surface area contributed by atoms with Gasteiger partial charge in [0.25, 0.3) is 0 Å². The molecule has 2 aliphatic heterocycles. The molecule has 0 saturated carbocycles. The van der Waals surface area contributed by atoms with Crippen LogP contribution in [-0.4, -0.2) is 53.7 Å². The molecule has 0 aromatic carbocycles. The van der Waals surface area contributed by atoms with Gasteiger partial charge in [-0.1, -0.05) is 0 Å². The number of carbonyl (C=O) groups is 1. The molecule has 2 heterocycles. The highest BCUT2D eigenvalue weighted by Gasteiger charge is 2.32. The summed E-state index contributed by atoms with van der Waals surface area (Å²) in [6.45, 7) is 3.94. The van der Waals surface area contributed by atoms with Crippen LogP contribution in [-0.2, 0) is 9.53 Å². The van der Waals surface area contributed by atoms with Crippen LogP contribution in [0.3, 0.4) is 0 Å². The topological polar surface area (TPSA) is 55.6 Å². The number of nitrogens with zero attached hydrogens (tertiary/aromatic N) is 1. The van der Waals surface area contributed by atoms with E-state index >= 15 is 0 Å². The van der Waals surface area contributed by atoms with Gasteiger partial charge in [-0.15, -0.1) is 11.8 Å². The van der Waals surface area contributed by atoms with Crippen LogP contribution in [0.4, 0.5) is 0 Å². The Balaban J connectivity index is 1.90. The predicted octanol–water partition coefficient (Wildman–Crippen LogP) is 0.457. The fourth-order valence-corrected chi connectivity index (χ4v) is 3.41. The first-order chi connectivity index (χ1) is 7.68. The Morgan fingerprint density at radius 2 is 2.44 bits per heavy atom. The van der Waals surface area contributed by atoms with Gasteiger partial charge >= 0.3 is 0 Å². The molecule has 2 aliphatic rings. The van der Waals surface area contributed by atoms with Gasteiger partial charge < -0.3 is 15.4 Å². The molecular formula is C11H20N2O2S. The lowest BCUT2D eigenvalue weighted by Crippen LogP contribution is -2.53. The zero-order chi connectivity index (χ0) is 11.5. The van der Waals surface area contributed by atoms with Gasteiger partial charge in [-0.05, 0) is 25.5 Å². The molecule has 2 N–H and O–H groups in total. The Morgan fingerprint density at radius 1 is 1.62 bits per heavy atom. The Morgan fingerprint density at radius 3 is 3.06 bits per heavy atom. The molecule has 0 aromatic rings. The van der Waals surface area contributed by atoms with Crippen molar-refractivity contribution < 1.29 is 9.53 Å². The molecule has 3 atom stereocenters. The van der Waals surface area contributed by atoms with Gasteiger partial charge in [0.05, 0.1) is 18.0 Å². The van der Waals surface area contributed by atoms with Crippen molar-refractivity contribution in [1.29, 1.82) is 0 Å². The first-order valence-electron chi connectivity index (χ1n) is 5.96. The van der Waals surface area contributed by atoms with Gasteiger partial charge in [-0.25, -0.2) is 0 Å². The van der Waals surface area contributed by atoms with Crippen LogP contribution in [0.15, 0.2) is 0 Å². The van der Waals surface area contributed by atoms with Crippen molar-refractivity contribution in [3.05, 3.63) is 0 Å². The van der Waals surface area contributed by atoms with E-state index in [0.29, 0.717) is 13.2 Å². The van der Waals surface area contributed by atoms with E-state index in [1.165, 1.54) is 6.42 Å². The molecule has 0 radical (unpaired) electrons. The van der Waals surface area contributed by atoms with Crippen LogP contribution in [0, 0.1) is 0 Å². The number of hydrogen-bond acceptors (Lipinski definition) is 4. The van der Waals surface area contributed by atoms with Crippen molar-refractivity contribution >= 4 is 17.7 Å². The highest BCUT2D eigenvalue weighted by atomic mass is 32.2. The number of ether oxygens (including phenoxy) is 1. The molecule has 4 nitrogen and oxygen atoms in total. The maximum absolute atomic E-state index is 12.2. The normalized spacial score (nSPS) is 32.8. The monoisotopic (exact) mass is 244 g/mol. The number of amides is 1. The highest BCUT2D eigenvalue weighted by molar-refractivity contribution is 8.00. The lowest BCUT2D eigenvalue weighted by molar-refractivity contribution is -0.138. The number of morpholine rings is 1. The minimum absolute atomic E-state index is 0.00380. The predicted molar refractivity (Wildman–Crippen MR) is 65.4 cm³/mol. The van der Waals surface area contributed by atoms with E-state index in [2.05, 4.69) is 0 Å². The van der Waals surface area contributed by atoms with Gasteiger partial charge in [0.2, 0.25) is 5.91 Å². The van der Waals surface area contributed by atoms with Crippen LogP contribution < -0.4 is 5.73 Å². The fourth-order valence-electron chi connectivity index (χ4n) is 2.17. The number of carbonyl (C=O) groups excluding carboxylic acids is 1. The summed E-state index contributed by atoms with van der Waals surface area (Å²) in [6, 6.07) is -0.00756. The summed E-state index contributed by atoms with van der Waals surface area (Å²) in [6.07, 6.45) is 2.20. The van der Waals surface area contributed by atoms with Crippen LogP contribution in [0.5, 0.6) is 0 Å². The van der Waals surface area contributed by atoms with Crippen LogP contribution >= 0.6 is 11.8 Å². The molecule has 2 fully saturated rings. The first kappa shape index (κ1) is 12.2. The molecule has 2 rings (SSSR count). The third-order valence-electron chi connectivity index (χ3n) is 3.20. The zero-order valence-electron chi connectivity index (χ0n) is 9.72. The Kier molecular flexibility index (Phi) is 4.10. The van der Waals surface area contributed by atoms with E-state index in [1.807, 2.05) is 11.8 Å². The highest BCUT2D eigenvalue weighted by Crippen LogP contribution is 2.28. The van der Waals surface area contributed by atoms with Gasteiger partial charge in [-0.3, -0.25) is 4.79 Å². The van der Waals surface area contributed by atoms with Crippen molar-refractivity contribution in [2.24, 2.45) is 5.73 Å². The molecule has 0 aromatic heterocycles. The fraction of sp³-hybridized carbons (Fsp3) is 0.909. The van der Waals surface area contributed by atoms with Crippen LogP contribution in [0.2, 0.25) is 0 Å². The SMILES string of the molecule is CC(N)C1CN(C(=O)C2CCCS2)CCO1. The number of rotatable bonds is 2. The molecule has 16 heavy (non-hydrogen) atoms. The summed E-state index contributed by atoms with van der Waals surface area (Å²) in [4.78, 5) is 14.1. The van der Waals surface area contributed by atoms with Crippen molar-refractivity contribution in [1.82, 2.24) is 4.90 Å². The van der Waals surface area contributed by atoms with Gasteiger partial charge in [0, 0.05) is 19.1 Å². The maximum Gasteiger partial charge on any atom is 0.235 e. The smallest absolute Gasteiger partial charge is 0.235 e. The Hall–Kier alpha value is -0.260. The molecule has 0 aliphatic carbocycles. The lowest BCUT2D eigenvalue weighted by atomic mass is 10.1. The van der Waals surface area contributed by atoms with Crippen molar-refractivity contribution in [3.8, 4) is 0 Å². The number of thioether (sulfide) groups is 1. The zero-order valence-corrected chi connectivity index (χ0v) is 10.5. The second-order valence-electron chi connectivity index (χ2n) is 4.55. The summed E-state index contributed by atoms with van der Waals surface area (Å²) >= 11 is 1.79. The molecule has 3 unspecified atom stereocenters. The summed E-state index contributed by atoms with van der Waals surface area (Å²) in [5.41, 5.74) is 5.81. The van der Waals surface area contributed by atoms with E-state index < -0.39 is 0 Å². The second kappa shape index (κ2) is 5.38. The van der Waals surface area contributed by atoms with E-state index in [0.717, 1.165) is 18.7 Å². The van der Waals surface area contributed by atoms with Gasteiger partial charge in [0.15, 0.2) is 0 Å². The number of nitrogens with two attached hydrogens (primary N) is 1. The molecular weight excluding hydrogens is 224 g/mol. The van der Waals surface area contributed by atoms with Gasteiger partial charge in [-0.2, -0.15) is 0 Å². The average molecular weight is 244 g/mol. The van der Waals surface area contributed by atoms with Crippen molar-refractivity contribution in [3.63, 3.8) is 0 Å². The van der Waals surface area contributed by atoms with Gasteiger partial charge in [0.1, 0.15) is 0 Å². The molecule has 0 spiro atoms. The summed E-state index contributed by atoms with van der Waals surface area (Å²) in [5.74, 6) is 1.41. The standard InChI is InChI=1S/C11H20N2O2S/c1-8(12)9-7-13(4-5-15-9)11(14)10-3-2-6-16-10/h8-10H,2-7,12H2,1H3. The summed E-state index contributed by atoms with van der Waals surface area (Å²) in [7, 11) is 0. The minimum Gasteiger partial charge on any atom is -0.373 e. The Labute approximate surface area is 101 Å². The molecule has 0 bridgehead atoms. The molecule has 1 amide bonds. The summed E-state index contributed by atoms with van der Waals surface area (Å²) in [5, 5.41) is 0.187. The van der Waals surface area contributed by atoms with Crippen molar-refractivity contribution in [2.75, 3.05) is 25.4 Å². The van der Waals surface area contributed by atoms with E-state index in [1.54, 1.807) is 11.8 Å². The maximum atomic E-state index is 12.2. The van der Waals surface area contributed by atoms with Crippen LogP contribution in [0.25, 0.3) is 0 Å². The quantitative estimate of drug-likeness (QED) is 0.766. The molecule has 2 saturated heterocycles. The van der Waals surface area contributed by atoms with Crippen LogP contribution in [0.1, 0.15) is 19.8 Å². The van der Waals surface area contributed by atoms with E-state index in [-0.39, 0.29) is 23.3 Å². The third-order valence-corrected chi connectivity index (χ3v) is 4.56. The first-order valence-corrected chi connectivity index (χ1v) is 7.01. The summed E-state index contributed by atoms with van der Waals surface area (Å²) < 4.78 is 5.56. The second-order valence-corrected chi connectivity index (χ2v) is 5.86. The Bertz CT molecular complexity index is 254. The minimum atomic E-state index is -0.00756. The van der Waals surface area contributed by atoms with Crippen molar-refractivity contribution in [2.45, 2.75) is 37.2 Å².